The first-order valence-electron chi connectivity index (χ1n) is 10.2. The van der Waals surface area contributed by atoms with Crippen LogP contribution in [0.15, 0.2) is 77.1 Å². The number of anilines is 1. The lowest BCUT2D eigenvalue weighted by atomic mass is 10.2. The average Bonchev–Trinajstić information content (AvgIpc) is 3.46. The van der Waals surface area contributed by atoms with E-state index in [-0.39, 0.29) is 5.82 Å². The van der Waals surface area contributed by atoms with Crippen molar-refractivity contribution in [2.24, 2.45) is 0 Å². The van der Waals surface area contributed by atoms with E-state index < -0.39 is 0 Å². The SMILES string of the molecule is COc1ccc(CNc2nnc(SCc3nc4ccc(F)cc4n3-c3ccccc3)s2)cc1. The molecule has 0 saturated heterocycles. The molecule has 0 amide bonds. The lowest BCUT2D eigenvalue weighted by molar-refractivity contribution is 0.414. The van der Waals surface area contributed by atoms with E-state index in [4.69, 9.17) is 9.72 Å². The summed E-state index contributed by atoms with van der Waals surface area (Å²) in [5.41, 5.74) is 3.58. The Bertz CT molecular complexity index is 1370. The number of halogens is 1. The third-order valence-corrected chi connectivity index (χ3v) is 7.04. The van der Waals surface area contributed by atoms with Crippen LogP contribution in [0.4, 0.5) is 9.52 Å². The topological polar surface area (TPSA) is 64.9 Å². The second kappa shape index (κ2) is 9.60. The van der Waals surface area contributed by atoms with Gasteiger partial charge < -0.3 is 10.1 Å². The number of nitrogens with zero attached hydrogens (tertiary/aromatic N) is 4. The van der Waals surface area contributed by atoms with Crippen LogP contribution in [0.2, 0.25) is 0 Å². The van der Waals surface area contributed by atoms with Crippen molar-refractivity contribution < 1.29 is 9.13 Å². The van der Waals surface area contributed by atoms with Crippen LogP contribution in [0.25, 0.3) is 16.7 Å². The second-order valence-electron chi connectivity index (χ2n) is 7.20. The summed E-state index contributed by atoms with van der Waals surface area (Å²) in [6.45, 7) is 0.651. The number of thioether (sulfide) groups is 1. The van der Waals surface area contributed by atoms with E-state index in [1.165, 1.54) is 23.5 Å². The molecule has 2 heterocycles. The summed E-state index contributed by atoms with van der Waals surface area (Å²) >= 11 is 3.06. The number of imidazole rings is 1. The first-order valence-corrected chi connectivity index (χ1v) is 12.1. The minimum atomic E-state index is -0.282. The molecule has 0 unspecified atom stereocenters. The summed E-state index contributed by atoms with van der Waals surface area (Å²) < 4.78 is 22.0. The Morgan fingerprint density at radius 1 is 1.03 bits per heavy atom. The second-order valence-corrected chi connectivity index (χ2v) is 9.40. The number of nitrogens with one attached hydrogen (secondary N) is 1. The molecule has 0 aliphatic rings. The molecule has 0 spiro atoms. The van der Waals surface area contributed by atoms with Crippen LogP contribution in [0.1, 0.15) is 11.4 Å². The fourth-order valence-corrected chi connectivity index (χ4v) is 5.11. The fraction of sp³-hybridized carbons (Fsp3) is 0.125. The van der Waals surface area contributed by atoms with Crippen LogP contribution < -0.4 is 10.1 Å². The monoisotopic (exact) mass is 477 g/mol. The summed E-state index contributed by atoms with van der Waals surface area (Å²) in [6.07, 6.45) is 0. The van der Waals surface area contributed by atoms with Crippen molar-refractivity contribution >= 4 is 39.3 Å². The van der Waals surface area contributed by atoms with Gasteiger partial charge in [-0.1, -0.05) is 53.4 Å². The first-order chi connectivity index (χ1) is 16.2. The lowest BCUT2D eigenvalue weighted by Gasteiger charge is -2.08. The van der Waals surface area contributed by atoms with Crippen LogP contribution >= 0.6 is 23.1 Å². The summed E-state index contributed by atoms with van der Waals surface area (Å²) in [4.78, 5) is 4.75. The highest BCUT2D eigenvalue weighted by Gasteiger charge is 2.15. The van der Waals surface area contributed by atoms with Gasteiger partial charge in [0.2, 0.25) is 5.13 Å². The molecule has 0 bridgehead atoms. The quantitative estimate of drug-likeness (QED) is 0.280. The Hall–Kier alpha value is -3.43. The normalized spacial score (nSPS) is 11.1. The molecule has 0 radical (unpaired) electrons. The van der Waals surface area contributed by atoms with E-state index in [0.717, 1.165) is 43.3 Å². The molecule has 0 aliphatic heterocycles. The van der Waals surface area contributed by atoms with E-state index in [9.17, 15) is 4.39 Å². The van der Waals surface area contributed by atoms with Crippen LogP contribution in [0.5, 0.6) is 5.75 Å². The summed E-state index contributed by atoms with van der Waals surface area (Å²) in [5.74, 6) is 1.96. The highest BCUT2D eigenvalue weighted by atomic mass is 32.2. The third-order valence-electron chi connectivity index (χ3n) is 5.03. The van der Waals surface area contributed by atoms with E-state index in [1.807, 2.05) is 59.2 Å². The number of fused-ring (bicyclic) bond motifs is 1. The van der Waals surface area contributed by atoms with Crippen molar-refractivity contribution in [3.8, 4) is 11.4 Å². The number of para-hydroxylation sites is 1. The van der Waals surface area contributed by atoms with E-state index >= 15 is 0 Å². The Labute approximate surface area is 198 Å². The Morgan fingerprint density at radius 3 is 2.64 bits per heavy atom. The molecule has 0 atom stereocenters. The molecule has 166 valence electrons. The first kappa shape index (κ1) is 21.4. The summed E-state index contributed by atoms with van der Waals surface area (Å²) in [5, 5.41) is 12.6. The molecule has 33 heavy (non-hydrogen) atoms. The minimum absolute atomic E-state index is 0.282. The van der Waals surface area contributed by atoms with Gasteiger partial charge in [0, 0.05) is 18.3 Å². The van der Waals surface area contributed by atoms with E-state index in [1.54, 1.807) is 24.9 Å². The zero-order valence-corrected chi connectivity index (χ0v) is 19.4. The molecule has 9 heteroatoms. The van der Waals surface area contributed by atoms with Crippen molar-refractivity contribution in [3.05, 3.63) is 90.0 Å². The zero-order valence-electron chi connectivity index (χ0n) is 17.7. The molecule has 5 aromatic rings. The molecule has 5 rings (SSSR count). The number of aromatic nitrogens is 4. The average molecular weight is 478 g/mol. The van der Waals surface area contributed by atoms with Crippen molar-refractivity contribution in [2.45, 2.75) is 16.6 Å². The zero-order chi connectivity index (χ0) is 22.6. The van der Waals surface area contributed by atoms with Gasteiger partial charge in [0.1, 0.15) is 17.4 Å². The maximum Gasteiger partial charge on any atom is 0.206 e. The highest BCUT2D eigenvalue weighted by molar-refractivity contribution is 8.00. The van der Waals surface area contributed by atoms with Gasteiger partial charge in [-0.05, 0) is 42.0 Å². The van der Waals surface area contributed by atoms with Gasteiger partial charge >= 0.3 is 0 Å². The Balaban J connectivity index is 1.31. The largest absolute Gasteiger partial charge is 0.497 e. The maximum atomic E-state index is 14.0. The Morgan fingerprint density at radius 2 is 1.85 bits per heavy atom. The van der Waals surface area contributed by atoms with Gasteiger partial charge in [0.05, 0.1) is 23.9 Å². The van der Waals surface area contributed by atoms with Crippen molar-refractivity contribution in [2.75, 3.05) is 12.4 Å². The molecule has 2 aromatic heterocycles. The number of ether oxygens (including phenoxy) is 1. The minimum Gasteiger partial charge on any atom is -0.497 e. The van der Waals surface area contributed by atoms with Gasteiger partial charge in [-0.3, -0.25) is 4.57 Å². The highest BCUT2D eigenvalue weighted by Crippen LogP contribution is 2.31. The van der Waals surface area contributed by atoms with Crippen molar-refractivity contribution in [1.82, 2.24) is 19.7 Å². The van der Waals surface area contributed by atoms with Crippen LogP contribution in [0.3, 0.4) is 0 Å². The van der Waals surface area contributed by atoms with Crippen LogP contribution in [0, 0.1) is 5.82 Å². The lowest BCUT2D eigenvalue weighted by Crippen LogP contribution is -2.00. The molecular formula is C24H20FN5OS2. The fourth-order valence-electron chi connectivity index (χ4n) is 3.45. The van der Waals surface area contributed by atoms with Gasteiger partial charge in [0.25, 0.3) is 0 Å². The number of rotatable bonds is 8. The van der Waals surface area contributed by atoms with E-state index in [2.05, 4.69) is 15.5 Å². The smallest absolute Gasteiger partial charge is 0.206 e. The predicted molar refractivity (Wildman–Crippen MR) is 131 cm³/mol. The predicted octanol–water partition coefficient (Wildman–Crippen LogP) is 5.93. The standard InChI is InChI=1S/C24H20FN5OS2/c1-31-19-10-7-16(8-11-19)14-26-23-28-29-24(33-23)32-15-22-27-20-12-9-17(25)13-21(20)30(22)18-5-3-2-4-6-18/h2-13H,14-15H2,1H3,(H,26,28). The van der Waals surface area contributed by atoms with Crippen LogP contribution in [-0.2, 0) is 12.3 Å². The van der Waals surface area contributed by atoms with Gasteiger partial charge in [-0.15, -0.1) is 10.2 Å². The number of hydrogen-bond acceptors (Lipinski definition) is 7. The number of benzene rings is 3. The third kappa shape index (κ3) is 4.84. The molecule has 0 aliphatic carbocycles. The van der Waals surface area contributed by atoms with Crippen LogP contribution in [-0.4, -0.2) is 26.9 Å². The number of methoxy groups -OCH3 is 1. The molecule has 0 saturated carbocycles. The molecule has 6 nitrogen and oxygen atoms in total. The molecule has 3 aromatic carbocycles. The molecular weight excluding hydrogens is 457 g/mol. The maximum absolute atomic E-state index is 14.0. The van der Waals surface area contributed by atoms with Crippen molar-refractivity contribution in [3.63, 3.8) is 0 Å². The molecule has 0 fully saturated rings. The molecule has 1 N–H and O–H groups in total. The summed E-state index contributed by atoms with van der Waals surface area (Å²) in [7, 11) is 1.65. The summed E-state index contributed by atoms with van der Waals surface area (Å²) in [6, 6.07) is 22.4. The van der Waals surface area contributed by atoms with Gasteiger partial charge in [0.15, 0.2) is 4.34 Å². The van der Waals surface area contributed by atoms with Crippen molar-refractivity contribution in [1.29, 1.82) is 0 Å². The van der Waals surface area contributed by atoms with E-state index in [0.29, 0.717) is 12.3 Å². The number of hydrogen-bond donors (Lipinski definition) is 1. The van der Waals surface area contributed by atoms with Gasteiger partial charge in [-0.25, -0.2) is 9.37 Å². The Kier molecular flexibility index (Phi) is 6.23. The van der Waals surface area contributed by atoms with Gasteiger partial charge in [-0.2, -0.15) is 0 Å².